The number of hydrogen-bond acceptors (Lipinski definition) is 4. The average molecular weight is 444 g/mol. The van der Waals surface area contributed by atoms with Crippen molar-refractivity contribution in [1.82, 2.24) is 9.71 Å². The van der Waals surface area contributed by atoms with E-state index in [4.69, 9.17) is 11.6 Å². The highest BCUT2D eigenvalue weighted by Crippen LogP contribution is 2.29. The van der Waals surface area contributed by atoms with E-state index in [9.17, 15) is 8.42 Å². The van der Waals surface area contributed by atoms with Crippen LogP contribution in [-0.2, 0) is 10.0 Å². The first-order valence-corrected chi connectivity index (χ1v) is 12.1. The summed E-state index contributed by atoms with van der Waals surface area (Å²) >= 11 is 6.08. The van der Waals surface area contributed by atoms with Crippen molar-refractivity contribution in [2.75, 3.05) is 5.32 Å². The summed E-state index contributed by atoms with van der Waals surface area (Å²) in [5.41, 5.74) is 3.62. The first-order valence-electron chi connectivity index (χ1n) is 10.2. The highest BCUT2D eigenvalue weighted by molar-refractivity contribution is 7.89. The molecule has 30 heavy (non-hydrogen) atoms. The molecule has 4 rings (SSSR count). The molecule has 1 fully saturated rings. The highest BCUT2D eigenvalue weighted by Gasteiger charge is 2.27. The zero-order chi connectivity index (χ0) is 21.3. The predicted molar refractivity (Wildman–Crippen MR) is 123 cm³/mol. The van der Waals surface area contributed by atoms with Crippen molar-refractivity contribution in [2.45, 2.75) is 56.5 Å². The lowest BCUT2D eigenvalue weighted by atomic mass is 9.91. The number of pyridine rings is 1. The number of hydrogen-bond donors (Lipinski definition) is 2. The smallest absolute Gasteiger partial charge is 0.241 e. The Hall–Kier alpha value is -2.15. The lowest BCUT2D eigenvalue weighted by Crippen LogP contribution is -2.40. The van der Waals surface area contributed by atoms with Gasteiger partial charge in [-0.25, -0.2) is 13.1 Å². The molecule has 1 aliphatic carbocycles. The molecule has 7 heteroatoms. The number of aromatic nitrogens is 1. The Morgan fingerprint density at radius 1 is 0.967 bits per heavy atom. The minimum absolute atomic E-state index is 0.0408. The summed E-state index contributed by atoms with van der Waals surface area (Å²) in [5, 5.41) is 5.33. The van der Waals surface area contributed by atoms with Crippen LogP contribution in [0, 0.1) is 13.8 Å². The second-order valence-corrected chi connectivity index (χ2v) is 10.2. The maximum absolute atomic E-state index is 12.9. The van der Waals surface area contributed by atoms with Crippen molar-refractivity contribution in [3.63, 3.8) is 0 Å². The van der Waals surface area contributed by atoms with Crippen molar-refractivity contribution >= 4 is 38.2 Å². The van der Waals surface area contributed by atoms with E-state index in [0.717, 1.165) is 53.4 Å². The van der Waals surface area contributed by atoms with Gasteiger partial charge in [-0.1, -0.05) is 23.7 Å². The van der Waals surface area contributed by atoms with Crippen LogP contribution in [0.25, 0.3) is 10.9 Å². The maximum atomic E-state index is 12.9. The van der Waals surface area contributed by atoms with E-state index >= 15 is 0 Å². The van der Waals surface area contributed by atoms with Gasteiger partial charge >= 0.3 is 0 Å². The molecule has 1 aromatic heterocycles. The van der Waals surface area contributed by atoms with Gasteiger partial charge in [-0.3, -0.25) is 4.98 Å². The molecule has 0 atom stereocenters. The van der Waals surface area contributed by atoms with E-state index < -0.39 is 10.0 Å². The summed E-state index contributed by atoms with van der Waals surface area (Å²) in [4.78, 5) is 4.77. The van der Waals surface area contributed by atoms with Crippen LogP contribution < -0.4 is 10.0 Å². The topological polar surface area (TPSA) is 71.1 Å². The number of rotatable bonds is 5. The van der Waals surface area contributed by atoms with Crippen molar-refractivity contribution in [3.8, 4) is 0 Å². The number of anilines is 1. The van der Waals surface area contributed by atoms with E-state index in [2.05, 4.69) is 15.0 Å². The van der Waals surface area contributed by atoms with Crippen molar-refractivity contribution in [3.05, 3.63) is 64.8 Å². The van der Waals surface area contributed by atoms with Crippen LogP contribution in [0.4, 0.5) is 5.69 Å². The fourth-order valence-electron chi connectivity index (χ4n) is 4.10. The lowest BCUT2D eigenvalue weighted by molar-refractivity contribution is 0.387. The fraction of sp³-hybridized carbons (Fsp3) is 0.348. The molecular formula is C23H26ClN3O2S. The Morgan fingerprint density at radius 2 is 1.70 bits per heavy atom. The molecule has 0 radical (unpaired) electrons. The molecule has 0 bridgehead atoms. The molecule has 0 spiro atoms. The summed E-state index contributed by atoms with van der Waals surface area (Å²) in [6.45, 7) is 3.74. The zero-order valence-corrected chi connectivity index (χ0v) is 18.7. The molecule has 2 N–H and O–H groups in total. The Kier molecular flexibility index (Phi) is 6.00. The monoisotopic (exact) mass is 443 g/mol. The largest absolute Gasteiger partial charge is 0.382 e. The quantitative estimate of drug-likeness (QED) is 0.568. The van der Waals surface area contributed by atoms with Crippen LogP contribution in [0.3, 0.4) is 0 Å². The molecule has 0 saturated heterocycles. The van der Waals surface area contributed by atoms with Gasteiger partial charge in [0.2, 0.25) is 10.0 Å². The number of benzene rings is 2. The van der Waals surface area contributed by atoms with E-state index in [1.54, 1.807) is 12.3 Å². The number of sulfonamides is 1. The van der Waals surface area contributed by atoms with E-state index in [1.165, 1.54) is 0 Å². The molecule has 0 aliphatic heterocycles. The number of nitrogens with zero attached hydrogens (tertiary/aromatic N) is 1. The number of halogens is 1. The van der Waals surface area contributed by atoms with Crippen LogP contribution in [0.5, 0.6) is 0 Å². The Balaban J connectivity index is 1.40. The molecule has 1 aliphatic rings. The zero-order valence-electron chi connectivity index (χ0n) is 17.2. The third-order valence-corrected chi connectivity index (χ3v) is 7.64. The van der Waals surface area contributed by atoms with Crippen LogP contribution in [0.1, 0.15) is 36.8 Å². The van der Waals surface area contributed by atoms with Crippen LogP contribution >= 0.6 is 11.6 Å². The first kappa shape index (κ1) is 21.1. The van der Waals surface area contributed by atoms with Crippen molar-refractivity contribution in [2.24, 2.45) is 0 Å². The normalized spacial score (nSPS) is 19.7. The Morgan fingerprint density at radius 3 is 2.47 bits per heavy atom. The van der Waals surface area contributed by atoms with Gasteiger partial charge in [0.1, 0.15) is 0 Å². The first-order chi connectivity index (χ1) is 14.3. The maximum Gasteiger partial charge on any atom is 0.241 e. The molecular weight excluding hydrogens is 418 g/mol. The van der Waals surface area contributed by atoms with Gasteiger partial charge in [-0.15, -0.1) is 0 Å². The number of nitrogens with one attached hydrogen (secondary N) is 2. The molecule has 3 aromatic rings. The van der Waals surface area contributed by atoms with E-state index in [0.29, 0.717) is 16.0 Å². The fourth-order valence-corrected chi connectivity index (χ4v) is 5.90. The lowest BCUT2D eigenvalue weighted by Gasteiger charge is -2.30. The Labute approximate surface area is 182 Å². The summed E-state index contributed by atoms with van der Waals surface area (Å²) in [6.07, 6.45) is 5.19. The van der Waals surface area contributed by atoms with Gasteiger partial charge in [0.05, 0.1) is 10.4 Å². The second kappa shape index (κ2) is 8.53. The van der Waals surface area contributed by atoms with Crippen molar-refractivity contribution in [1.29, 1.82) is 0 Å². The summed E-state index contributed by atoms with van der Waals surface area (Å²) in [6, 6.07) is 13.5. The molecule has 158 valence electrons. The minimum atomic E-state index is -3.51. The number of fused-ring (bicyclic) bond motifs is 1. The molecule has 0 unspecified atom stereocenters. The number of aryl methyl sites for hydroxylation is 2. The minimum Gasteiger partial charge on any atom is -0.382 e. The van der Waals surface area contributed by atoms with Gasteiger partial charge in [-0.2, -0.15) is 0 Å². The van der Waals surface area contributed by atoms with Gasteiger partial charge < -0.3 is 5.32 Å². The second-order valence-electron chi connectivity index (χ2n) is 8.10. The summed E-state index contributed by atoms with van der Waals surface area (Å²) in [5.74, 6) is 0. The molecule has 1 saturated carbocycles. The Bertz CT molecular complexity index is 1170. The molecule has 0 amide bonds. The standard InChI is InChI=1S/C23H26ClN3O2S/c1-15-3-4-16(2)23(13-15)30(28,29)27-19-8-6-18(7-9-19)26-21-11-12-25-22-14-17(24)5-10-20(21)22/h3-5,10-14,18-19,27H,6-9H2,1-2H3,(H,25,26). The van der Waals surface area contributed by atoms with Crippen molar-refractivity contribution < 1.29 is 8.42 Å². The highest BCUT2D eigenvalue weighted by atomic mass is 35.5. The third-order valence-electron chi connectivity index (χ3n) is 5.75. The van der Waals surface area contributed by atoms with E-state index in [1.807, 2.05) is 50.2 Å². The third kappa shape index (κ3) is 4.61. The SMILES string of the molecule is Cc1ccc(C)c(S(=O)(=O)NC2CCC(Nc3ccnc4cc(Cl)ccc34)CC2)c1. The van der Waals surface area contributed by atoms with Crippen LogP contribution in [-0.4, -0.2) is 25.5 Å². The van der Waals surface area contributed by atoms with Crippen LogP contribution in [0.15, 0.2) is 53.6 Å². The summed E-state index contributed by atoms with van der Waals surface area (Å²) in [7, 11) is -3.51. The van der Waals surface area contributed by atoms with E-state index in [-0.39, 0.29) is 6.04 Å². The van der Waals surface area contributed by atoms with Gasteiger partial charge in [0.25, 0.3) is 0 Å². The molecule has 5 nitrogen and oxygen atoms in total. The predicted octanol–water partition coefficient (Wildman–Crippen LogP) is 5.21. The van der Waals surface area contributed by atoms with Gasteiger partial charge in [-0.05, 0) is 81.0 Å². The molecule has 1 heterocycles. The summed E-state index contributed by atoms with van der Waals surface area (Å²) < 4.78 is 28.7. The average Bonchev–Trinajstić information content (AvgIpc) is 2.71. The van der Waals surface area contributed by atoms with Gasteiger partial charge in [0, 0.05) is 34.4 Å². The van der Waals surface area contributed by atoms with Gasteiger partial charge in [0.15, 0.2) is 0 Å². The molecule has 2 aromatic carbocycles. The van der Waals surface area contributed by atoms with Crippen LogP contribution in [0.2, 0.25) is 5.02 Å².